The number of rotatable bonds is 6. The van der Waals surface area contributed by atoms with Crippen molar-refractivity contribution in [2.45, 2.75) is 25.8 Å². The fourth-order valence-electron chi connectivity index (χ4n) is 2.12. The number of imidazole rings is 1. The lowest BCUT2D eigenvalue weighted by Crippen LogP contribution is -2.24. The monoisotopic (exact) mass is 279 g/mol. The summed E-state index contributed by atoms with van der Waals surface area (Å²) in [5.41, 5.74) is 1.66. The molecule has 0 bridgehead atoms. The summed E-state index contributed by atoms with van der Waals surface area (Å²) in [7, 11) is 1.91. The van der Waals surface area contributed by atoms with Crippen LogP contribution < -0.4 is 5.32 Å². The minimum Gasteiger partial charge on any atom is -0.340 e. The number of nitrogens with one attached hydrogen (secondary N) is 1. The van der Waals surface area contributed by atoms with E-state index in [-0.39, 0.29) is 6.04 Å². The van der Waals surface area contributed by atoms with Gasteiger partial charge in [-0.05, 0) is 37.1 Å². The largest absolute Gasteiger partial charge is 0.340 e. The van der Waals surface area contributed by atoms with Gasteiger partial charge < -0.3 is 9.88 Å². The summed E-state index contributed by atoms with van der Waals surface area (Å²) >= 11 is 0. The van der Waals surface area contributed by atoms with Crippen molar-refractivity contribution in [3.63, 3.8) is 0 Å². The molecule has 2 rings (SSSR count). The first kappa shape index (κ1) is 14.7. The maximum atomic E-state index is 13.3. The van der Waals surface area contributed by atoms with E-state index in [0.717, 1.165) is 24.2 Å². The molecule has 0 fully saturated rings. The SMILES string of the molecule is CCCNC(Cc1ccc(F)c(F)c1)c1cn(C)cn1. The second-order valence-electron chi connectivity index (χ2n) is 4.92. The summed E-state index contributed by atoms with van der Waals surface area (Å²) in [5.74, 6) is -1.62. The van der Waals surface area contributed by atoms with E-state index in [1.807, 2.05) is 17.8 Å². The van der Waals surface area contributed by atoms with Gasteiger partial charge in [0.1, 0.15) is 0 Å². The number of aryl methyl sites for hydroxylation is 1. The first-order chi connectivity index (χ1) is 9.60. The van der Waals surface area contributed by atoms with Crippen LogP contribution in [0.5, 0.6) is 0 Å². The molecule has 1 aromatic carbocycles. The molecule has 1 atom stereocenters. The van der Waals surface area contributed by atoms with E-state index < -0.39 is 11.6 Å². The van der Waals surface area contributed by atoms with Gasteiger partial charge in [0.15, 0.2) is 11.6 Å². The number of hydrogen-bond acceptors (Lipinski definition) is 2. The molecule has 0 radical (unpaired) electrons. The van der Waals surface area contributed by atoms with Crippen molar-refractivity contribution in [3.05, 3.63) is 53.6 Å². The standard InChI is InChI=1S/C15H19F2N3/c1-3-6-18-14(15-9-20(2)10-19-15)8-11-4-5-12(16)13(17)7-11/h4-5,7,9-10,14,18H,3,6,8H2,1-2H3. The van der Waals surface area contributed by atoms with Crippen LogP contribution in [0.15, 0.2) is 30.7 Å². The predicted molar refractivity (Wildman–Crippen MR) is 74.3 cm³/mol. The molecule has 0 aliphatic heterocycles. The number of benzene rings is 1. The van der Waals surface area contributed by atoms with Gasteiger partial charge in [-0.25, -0.2) is 13.8 Å². The van der Waals surface area contributed by atoms with E-state index in [2.05, 4.69) is 17.2 Å². The van der Waals surface area contributed by atoms with E-state index in [1.165, 1.54) is 12.1 Å². The number of hydrogen-bond donors (Lipinski definition) is 1. The van der Waals surface area contributed by atoms with Gasteiger partial charge in [0.25, 0.3) is 0 Å². The Morgan fingerprint density at radius 3 is 2.70 bits per heavy atom. The van der Waals surface area contributed by atoms with Gasteiger partial charge in [-0.2, -0.15) is 0 Å². The van der Waals surface area contributed by atoms with Gasteiger partial charge in [0, 0.05) is 13.2 Å². The van der Waals surface area contributed by atoms with Crippen molar-refractivity contribution in [2.24, 2.45) is 7.05 Å². The number of halogens is 2. The van der Waals surface area contributed by atoms with E-state index in [0.29, 0.717) is 6.42 Å². The topological polar surface area (TPSA) is 29.9 Å². The Morgan fingerprint density at radius 1 is 1.30 bits per heavy atom. The third-order valence-corrected chi connectivity index (χ3v) is 3.15. The molecule has 1 aromatic heterocycles. The average Bonchev–Trinajstić information content (AvgIpc) is 2.85. The zero-order valence-electron chi connectivity index (χ0n) is 11.7. The number of nitrogens with zero attached hydrogens (tertiary/aromatic N) is 2. The fraction of sp³-hybridized carbons (Fsp3) is 0.400. The van der Waals surface area contributed by atoms with Crippen molar-refractivity contribution in [1.82, 2.24) is 14.9 Å². The van der Waals surface area contributed by atoms with Crippen LogP contribution in [0.1, 0.15) is 30.6 Å². The van der Waals surface area contributed by atoms with Crippen molar-refractivity contribution in [3.8, 4) is 0 Å². The van der Waals surface area contributed by atoms with Crippen molar-refractivity contribution >= 4 is 0 Å². The maximum Gasteiger partial charge on any atom is 0.159 e. The fourth-order valence-corrected chi connectivity index (χ4v) is 2.12. The Morgan fingerprint density at radius 2 is 2.10 bits per heavy atom. The van der Waals surface area contributed by atoms with Crippen molar-refractivity contribution < 1.29 is 8.78 Å². The summed E-state index contributed by atoms with van der Waals surface area (Å²) in [4.78, 5) is 4.34. The van der Waals surface area contributed by atoms with Gasteiger partial charge in [-0.15, -0.1) is 0 Å². The molecule has 0 saturated carbocycles. The zero-order chi connectivity index (χ0) is 14.5. The van der Waals surface area contributed by atoms with Crippen molar-refractivity contribution in [2.75, 3.05) is 6.54 Å². The molecule has 108 valence electrons. The van der Waals surface area contributed by atoms with E-state index in [4.69, 9.17) is 0 Å². The highest BCUT2D eigenvalue weighted by Gasteiger charge is 2.15. The molecule has 0 aliphatic carbocycles. The predicted octanol–water partition coefficient (Wildman–Crippen LogP) is 2.98. The molecule has 1 unspecified atom stereocenters. The molecule has 0 saturated heterocycles. The Labute approximate surface area is 117 Å². The second-order valence-corrected chi connectivity index (χ2v) is 4.92. The molecule has 1 N–H and O–H groups in total. The second kappa shape index (κ2) is 6.61. The third kappa shape index (κ3) is 3.63. The molecule has 2 aromatic rings. The van der Waals surface area contributed by atoms with Crippen LogP contribution in [-0.2, 0) is 13.5 Å². The van der Waals surface area contributed by atoms with E-state index >= 15 is 0 Å². The highest BCUT2D eigenvalue weighted by molar-refractivity contribution is 5.20. The van der Waals surface area contributed by atoms with Crippen LogP contribution in [0.25, 0.3) is 0 Å². The molecule has 0 spiro atoms. The summed E-state index contributed by atoms with van der Waals surface area (Å²) in [6, 6.07) is 4.03. The molecular formula is C15H19F2N3. The van der Waals surface area contributed by atoms with Crippen LogP contribution in [0.3, 0.4) is 0 Å². The van der Waals surface area contributed by atoms with Gasteiger partial charge in [0.05, 0.1) is 18.1 Å². The van der Waals surface area contributed by atoms with E-state index in [9.17, 15) is 8.78 Å². The first-order valence-electron chi connectivity index (χ1n) is 6.75. The molecule has 0 aliphatic rings. The van der Waals surface area contributed by atoms with Crippen LogP contribution in [0.4, 0.5) is 8.78 Å². The lowest BCUT2D eigenvalue weighted by atomic mass is 10.0. The number of aromatic nitrogens is 2. The Kier molecular flexibility index (Phi) is 4.84. The highest BCUT2D eigenvalue weighted by atomic mass is 19.2. The van der Waals surface area contributed by atoms with E-state index in [1.54, 1.807) is 12.4 Å². The normalized spacial score (nSPS) is 12.6. The summed E-state index contributed by atoms with van der Waals surface area (Å²) < 4.78 is 28.1. The maximum absolute atomic E-state index is 13.3. The Hall–Kier alpha value is -1.75. The minimum absolute atomic E-state index is 0.000936. The minimum atomic E-state index is -0.815. The average molecular weight is 279 g/mol. The van der Waals surface area contributed by atoms with Crippen LogP contribution >= 0.6 is 0 Å². The highest BCUT2D eigenvalue weighted by Crippen LogP contribution is 2.18. The zero-order valence-corrected chi connectivity index (χ0v) is 11.7. The van der Waals surface area contributed by atoms with Gasteiger partial charge in [-0.1, -0.05) is 13.0 Å². The summed E-state index contributed by atoms with van der Waals surface area (Å²) in [5, 5.41) is 3.39. The van der Waals surface area contributed by atoms with Crippen LogP contribution in [0.2, 0.25) is 0 Å². The Balaban J connectivity index is 2.16. The molecule has 0 amide bonds. The molecule has 1 heterocycles. The molecule has 3 nitrogen and oxygen atoms in total. The van der Waals surface area contributed by atoms with Gasteiger partial charge >= 0.3 is 0 Å². The Bertz CT molecular complexity index is 566. The molecular weight excluding hydrogens is 260 g/mol. The molecule has 5 heteroatoms. The van der Waals surface area contributed by atoms with Crippen molar-refractivity contribution in [1.29, 1.82) is 0 Å². The van der Waals surface area contributed by atoms with Crippen LogP contribution in [-0.4, -0.2) is 16.1 Å². The lowest BCUT2D eigenvalue weighted by Gasteiger charge is -2.16. The smallest absolute Gasteiger partial charge is 0.159 e. The summed E-state index contributed by atoms with van der Waals surface area (Å²) in [6.07, 6.45) is 5.25. The molecule has 20 heavy (non-hydrogen) atoms. The quantitative estimate of drug-likeness (QED) is 0.881. The first-order valence-corrected chi connectivity index (χ1v) is 6.75. The third-order valence-electron chi connectivity index (χ3n) is 3.15. The van der Waals surface area contributed by atoms with Crippen LogP contribution in [0, 0.1) is 11.6 Å². The lowest BCUT2D eigenvalue weighted by molar-refractivity contribution is 0.497. The van der Waals surface area contributed by atoms with Gasteiger partial charge in [0.2, 0.25) is 0 Å². The van der Waals surface area contributed by atoms with Gasteiger partial charge in [-0.3, -0.25) is 0 Å². The summed E-state index contributed by atoms with van der Waals surface area (Å²) in [6.45, 7) is 2.94.